The van der Waals surface area contributed by atoms with Crippen LogP contribution in [0.1, 0.15) is 5.56 Å². The van der Waals surface area contributed by atoms with Gasteiger partial charge in [0.25, 0.3) is 0 Å². The smallest absolute Gasteiger partial charge is 0.345 e. The van der Waals surface area contributed by atoms with Gasteiger partial charge < -0.3 is 9.88 Å². The minimum Gasteiger partial charge on any atom is -0.345 e. The monoisotopic (exact) mass is 497 g/mol. The molecule has 14 heteroatoms. The average molecular weight is 497 g/mol. The van der Waals surface area contributed by atoms with Gasteiger partial charge in [0.05, 0.1) is 17.9 Å². The van der Waals surface area contributed by atoms with Gasteiger partial charge in [-0.1, -0.05) is 0 Å². The summed E-state index contributed by atoms with van der Waals surface area (Å²) in [7, 11) is 1.56. The van der Waals surface area contributed by atoms with Crippen molar-refractivity contribution in [3.8, 4) is 11.4 Å². The van der Waals surface area contributed by atoms with E-state index in [0.717, 1.165) is 0 Å². The fourth-order valence-corrected chi connectivity index (χ4v) is 3.70. The number of fused-ring (bicyclic) bond motifs is 1. The Morgan fingerprint density at radius 3 is 2.47 bits per heavy atom. The number of rotatable bonds is 5. The zero-order valence-electron chi connectivity index (χ0n) is 18.7. The molecule has 0 unspecified atom stereocenters. The third-order valence-electron chi connectivity index (χ3n) is 5.43. The summed E-state index contributed by atoms with van der Waals surface area (Å²) in [5.74, 6) is 0.336. The molecule has 1 aliphatic heterocycles. The number of hydrogen-bond acceptors (Lipinski definition) is 7. The largest absolute Gasteiger partial charge is 0.405 e. The minimum absolute atomic E-state index is 0.0533. The van der Waals surface area contributed by atoms with E-state index >= 15 is 0 Å². The highest BCUT2D eigenvalue weighted by molar-refractivity contribution is 6.10. The van der Waals surface area contributed by atoms with E-state index in [-0.39, 0.29) is 23.9 Å². The van der Waals surface area contributed by atoms with Crippen LogP contribution in [-0.2, 0) is 13.6 Å². The molecule has 0 spiro atoms. The second kappa shape index (κ2) is 8.79. The van der Waals surface area contributed by atoms with Crippen molar-refractivity contribution in [2.45, 2.75) is 12.7 Å². The number of carbonyl (C=O) groups is 1. The molecule has 0 atom stereocenters. The zero-order chi connectivity index (χ0) is 25.4. The standard InChI is InChI=1S/C22H18F3N9O2/c1-32-10-16(6-7-17(32)35)33-9-14-8-26-20(27-11-22(23,24)25)30-19(14)34(21(33)36)15-4-2-13(3-5-15)18-28-12-29-31-18/h2-8,10,12H,9,11H2,1H3,(H,26,27,30)(H,28,29,31). The summed E-state index contributed by atoms with van der Waals surface area (Å²) in [4.78, 5) is 40.6. The molecule has 0 radical (unpaired) electrons. The molecule has 36 heavy (non-hydrogen) atoms. The van der Waals surface area contributed by atoms with Gasteiger partial charge in [-0.3, -0.25) is 14.8 Å². The molecule has 0 saturated heterocycles. The Labute approximate surface area is 201 Å². The maximum Gasteiger partial charge on any atom is 0.405 e. The summed E-state index contributed by atoms with van der Waals surface area (Å²) in [6.07, 6.45) is -0.136. The van der Waals surface area contributed by atoms with E-state index in [1.165, 1.54) is 45.2 Å². The Bertz CT molecular complexity index is 1470. The van der Waals surface area contributed by atoms with Gasteiger partial charge >= 0.3 is 12.2 Å². The molecular weight excluding hydrogens is 479 g/mol. The minimum atomic E-state index is -4.47. The van der Waals surface area contributed by atoms with Gasteiger partial charge in [0.1, 0.15) is 12.9 Å². The van der Waals surface area contributed by atoms with Crippen molar-refractivity contribution in [1.82, 2.24) is 29.7 Å². The Morgan fingerprint density at radius 1 is 1.06 bits per heavy atom. The third kappa shape index (κ3) is 4.47. The topological polar surface area (TPSA) is 125 Å². The summed E-state index contributed by atoms with van der Waals surface area (Å²) < 4.78 is 39.5. The normalized spacial score (nSPS) is 13.6. The molecule has 3 aromatic heterocycles. The van der Waals surface area contributed by atoms with E-state index in [0.29, 0.717) is 28.3 Å². The molecule has 5 rings (SSSR count). The lowest BCUT2D eigenvalue weighted by Gasteiger charge is -2.36. The van der Waals surface area contributed by atoms with E-state index in [4.69, 9.17) is 0 Å². The van der Waals surface area contributed by atoms with E-state index in [1.807, 2.05) is 0 Å². The first kappa shape index (κ1) is 23.0. The molecule has 0 fully saturated rings. The third-order valence-corrected chi connectivity index (χ3v) is 5.43. The summed E-state index contributed by atoms with van der Waals surface area (Å²) in [5, 5.41) is 8.80. The number of aryl methyl sites for hydroxylation is 1. The van der Waals surface area contributed by atoms with Gasteiger partial charge in [-0.2, -0.15) is 23.3 Å². The second-order valence-corrected chi connectivity index (χ2v) is 7.92. The van der Waals surface area contributed by atoms with Crippen LogP contribution >= 0.6 is 0 Å². The van der Waals surface area contributed by atoms with Gasteiger partial charge in [0.2, 0.25) is 11.5 Å². The van der Waals surface area contributed by atoms with Crippen molar-refractivity contribution < 1.29 is 18.0 Å². The number of urea groups is 1. The highest BCUT2D eigenvalue weighted by Gasteiger charge is 2.35. The van der Waals surface area contributed by atoms with Crippen LogP contribution in [-0.4, -0.2) is 48.5 Å². The zero-order valence-corrected chi connectivity index (χ0v) is 18.7. The fourth-order valence-electron chi connectivity index (χ4n) is 3.70. The highest BCUT2D eigenvalue weighted by Crippen LogP contribution is 2.36. The average Bonchev–Trinajstić information content (AvgIpc) is 3.39. The Balaban J connectivity index is 1.57. The number of anilines is 4. The molecule has 4 aromatic rings. The lowest BCUT2D eigenvalue weighted by atomic mass is 10.1. The number of pyridine rings is 1. The second-order valence-electron chi connectivity index (χ2n) is 7.92. The predicted octanol–water partition coefficient (Wildman–Crippen LogP) is 3.21. The number of benzene rings is 1. The quantitative estimate of drug-likeness (QED) is 0.434. The van der Waals surface area contributed by atoms with Crippen molar-refractivity contribution in [3.63, 3.8) is 0 Å². The summed E-state index contributed by atoms with van der Waals surface area (Å²) in [5.41, 5.74) is 1.81. The summed E-state index contributed by atoms with van der Waals surface area (Å²) in [6, 6.07) is 9.09. The first-order chi connectivity index (χ1) is 17.2. The van der Waals surface area contributed by atoms with Crippen molar-refractivity contribution >= 4 is 29.2 Å². The summed E-state index contributed by atoms with van der Waals surface area (Å²) >= 11 is 0. The SMILES string of the molecule is Cn1cc(N2Cc3cnc(NCC(F)(F)F)nc3N(c3ccc(-c4nc[nH]n4)cc3)C2=O)ccc1=O. The molecule has 2 amide bonds. The molecule has 1 aliphatic rings. The fraction of sp³-hybridized carbons (Fsp3) is 0.182. The van der Waals surface area contributed by atoms with Crippen LogP contribution in [0.2, 0.25) is 0 Å². The highest BCUT2D eigenvalue weighted by atomic mass is 19.4. The van der Waals surface area contributed by atoms with Gasteiger partial charge in [-0.25, -0.2) is 19.7 Å². The van der Waals surface area contributed by atoms with Crippen molar-refractivity contribution in [1.29, 1.82) is 0 Å². The molecule has 0 bridgehead atoms. The number of aromatic amines is 1. The van der Waals surface area contributed by atoms with Crippen LogP contribution in [0, 0.1) is 0 Å². The van der Waals surface area contributed by atoms with Crippen LogP contribution in [0.25, 0.3) is 11.4 Å². The number of nitrogens with zero attached hydrogens (tertiary/aromatic N) is 7. The molecule has 0 saturated carbocycles. The van der Waals surface area contributed by atoms with Gasteiger partial charge in [0.15, 0.2) is 11.6 Å². The maximum atomic E-state index is 13.7. The first-order valence-electron chi connectivity index (χ1n) is 10.6. The van der Waals surface area contributed by atoms with Crippen LogP contribution in [0.4, 0.5) is 41.1 Å². The van der Waals surface area contributed by atoms with Crippen LogP contribution in [0.15, 0.2) is 59.9 Å². The lowest BCUT2D eigenvalue weighted by molar-refractivity contribution is -0.115. The Kier molecular flexibility index (Phi) is 5.62. The van der Waals surface area contributed by atoms with E-state index in [1.54, 1.807) is 31.3 Å². The van der Waals surface area contributed by atoms with Crippen LogP contribution in [0.3, 0.4) is 0 Å². The number of nitrogens with one attached hydrogen (secondary N) is 2. The number of halogens is 3. The number of H-pyrrole nitrogens is 1. The molecule has 184 valence electrons. The summed E-state index contributed by atoms with van der Waals surface area (Å²) in [6.45, 7) is -1.27. The lowest BCUT2D eigenvalue weighted by Crippen LogP contribution is -2.46. The predicted molar refractivity (Wildman–Crippen MR) is 124 cm³/mol. The molecule has 1 aromatic carbocycles. The van der Waals surface area contributed by atoms with Crippen molar-refractivity contribution in [3.05, 3.63) is 71.0 Å². The van der Waals surface area contributed by atoms with Gasteiger partial charge in [-0.15, -0.1) is 0 Å². The molecule has 0 aliphatic carbocycles. The number of aromatic nitrogens is 6. The number of amides is 2. The van der Waals surface area contributed by atoms with E-state index < -0.39 is 18.8 Å². The molecule has 11 nitrogen and oxygen atoms in total. The molecule has 2 N–H and O–H groups in total. The van der Waals surface area contributed by atoms with Crippen LogP contribution < -0.4 is 20.7 Å². The molecular formula is C22H18F3N9O2. The Morgan fingerprint density at radius 2 is 1.81 bits per heavy atom. The van der Waals surface area contributed by atoms with Crippen molar-refractivity contribution in [2.75, 3.05) is 21.7 Å². The van der Waals surface area contributed by atoms with Gasteiger partial charge in [0, 0.05) is 36.6 Å². The number of alkyl halides is 3. The van der Waals surface area contributed by atoms with Crippen molar-refractivity contribution in [2.24, 2.45) is 7.05 Å². The van der Waals surface area contributed by atoms with Gasteiger partial charge in [-0.05, 0) is 30.3 Å². The number of carbonyl (C=O) groups excluding carboxylic acids is 1. The first-order valence-corrected chi connectivity index (χ1v) is 10.6. The van der Waals surface area contributed by atoms with E-state index in [2.05, 4.69) is 30.5 Å². The Hall–Kier alpha value is -4.75. The maximum absolute atomic E-state index is 13.7. The number of hydrogen-bond donors (Lipinski definition) is 2. The van der Waals surface area contributed by atoms with E-state index in [9.17, 15) is 22.8 Å². The van der Waals surface area contributed by atoms with Crippen LogP contribution in [0.5, 0.6) is 0 Å². The molecule has 4 heterocycles.